The third-order valence-electron chi connectivity index (χ3n) is 3.97. The van der Waals surface area contributed by atoms with Crippen LogP contribution in [0, 0.1) is 6.92 Å². The molecule has 7 nitrogen and oxygen atoms in total. The Hall–Kier alpha value is -1.80. The number of guanidine groups is 1. The highest BCUT2D eigenvalue weighted by molar-refractivity contribution is 7.89. The van der Waals surface area contributed by atoms with Crippen LogP contribution in [-0.4, -0.2) is 58.2 Å². The van der Waals surface area contributed by atoms with Gasteiger partial charge in [-0.05, 0) is 38.8 Å². The van der Waals surface area contributed by atoms with Crippen molar-refractivity contribution in [3.63, 3.8) is 0 Å². The Morgan fingerprint density at radius 3 is 2.62 bits per heavy atom. The standard InChI is InChI=1S/C18H32N4O3S/c1-6-25-17-13-15(3)9-10-16(17)14-21-18(19-4)20-11-8-12-22(5)26(23,24)7-2/h9-10,13H,6-8,11-12,14H2,1-5H3,(H2,19,20,21). The normalized spacial score (nSPS) is 12.3. The van der Waals surface area contributed by atoms with Gasteiger partial charge in [0.15, 0.2) is 5.96 Å². The van der Waals surface area contributed by atoms with Crippen molar-refractivity contribution in [2.75, 3.05) is 39.5 Å². The number of aryl methyl sites for hydroxylation is 1. The van der Waals surface area contributed by atoms with E-state index in [0.29, 0.717) is 38.6 Å². The second kappa shape index (κ2) is 11.0. The molecule has 8 heteroatoms. The summed E-state index contributed by atoms with van der Waals surface area (Å²) in [6.45, 7) is 7.99. The van der Waals surface area contributed by atoms with Crippen LogP contribution in [-0.2, 0) is 16.6 Å². The summed E-state index contributed by atoms with van der Waals surface area (Å²) >= 11 is 0. The van der Waals surface area contributed by atoms with E-state index < -0.39 is 10.0 Å². The van der Waals surface area contributed by atoms with Crippen molar-refractivity contribution in [1.29, 1.82) is 0 Å². The van der Waals surface area contributed by atoms with E-state index in [1.165, 1.54) is 4.31 Å². The summed E-state index contributed by atoms with van der Waals surface area (Å²) in [6, 6.07) is 6.13. The number of rotatable bonds is 10. The molecule has 0 atom stereocenters. The minimum Gasteiger partial charge on any atom is -0.494 e. The molecule has 148 valence electrons. The molecule has 0 bridgehead atoms. The van der Waals surface area contributed by atoms with E-state index in [-0.39, 0.29) is 5.75 Å². The fourth-order valence-electron chi connectivity index (χ4n) is 2.37. The predicted molar refractivity (Wildman–Crippen MR) is 107 cm³/mol. The van der Waals surface area contributed by atoms with E-state index in [2.05, 4.69) is 21.7 Å². The lowest BCUT2D eigenvalue weighted by Gasteiger charge is -2.17. The number of sulfonamides is 1. The van der Waals surface area contributed by atoms with Gasteiger partial charge in [0.1, 0.15) is 5.75 Å². The lowest BCUT2D eigenvalue weighted by atomic mass is 10.1. The lowest BCUT2D eigenvalue weighted by molar-refractivity contribution is 0.336. The predicted octanol–water partition coefficient (Wildman–Crippen LogP) is 1.73. The second-order valence-corrected chi connectivity index (χ2v) is 8.34. The number of nitrogens with zero attached hydrogens (tertiary/aromatic N) is 2. The molecule has 0 spiro atoms. The number of hydrogen-bond donors (Lipinski definition) is 2. The van der Waals surface area contributed by atoms with Crippen LogP contribution in [0.1, 0.15) is 31.4 Å². The minimum atomic E-state index is -3.12. The molecule has 0 aliphatic rings. The van der Waals surface area contributed by atoms with Gasteiger partial charge in [-0.25, -0.2) is 12.7 Å². The fraction of sp³-hybridized carbons (Fsp3) is 0.611. The van der Waals surface area contributed by atoms with E-state index in [0.717, 1.165) is 16.9 Å². The Morgan fingerprint density at radius 1 is 1.27 bits per heavy atom. The molecule has 0 fully saturated rings. The van der Waals surface area contributed by atoms with Crippen LogP contribution in [0.2, 0.25) is 0 Å². The fourth-order valence-corrected chi connectivity index (χ4v) is 3.21. The number of ether oxygens (including phenoxy) is 1. The van der Waals surface area contributed by atoms with Gasteiger partial charge < -0.3 is 15.4 Å². The van der Waals surface area contributed by atoms with Crippen molar-refractivity contribution in [2.24, 2.45) is 4.99 Å². The summed E-state index contributed by atoms with van der Waals surface area (Å²) in [5, 5.41) is 6.46. The maximum absolute atomic E-state index is 11.7. The van der Waals surface area contributed by atoms with Crippen LogP contribution in [0.5, 0.6) is 5.75 Å². The molecular formula is C18H32N4O3S. The molecular weight excluding hydrogens is 352 g/mol. The van der Waals surface area contributed by atoms with Crippen LogP contribution >= 0.6 is 0 Å². The van der Waals surface area contributed by atoms with Gasteiger partial charge in [0.25, 0.3) is 0 Å². The topological polar surface area (TPSA) is 83.0 Å². The first-order chi connectivity index (χ1) is 12.3. The Kier molecular flexibility index (Phi) is 9.43. The molecule has 2 N–H and O–H groups in total. The van der Waals surface area contributed by atoms with Crippen molar-refractivity contribution < 1.29 is 13.2 Å². The van der Waals surface area contributed by atoms with Crippen LogP contribution in [0.4, 0.5) is 0 Å². The number of nitrogens with one attached hydrogen (secondary N) is 2. The first-order valence-electron chi connectivity index (χ1n) is 8.94. The first-order valence-corrected chi connectivity index (χ1v) is 10.6. The summed E-state index contributed by atoms with van der Waals surface area (Å²) in [7, 11) is 0.201. The maximum atomic E-state index is 11.7. The van der Waals surface area contributed by atoms with Crippen LogP contribution in [0.25, 0.3) is 0 Å². The largest absolute Gasteiger partial charge is 0.494 e. The van der Waals surface area contributed by atoms with Gasteiger partial charge in [0, 0.05) is 39.3 Å². The molecule has 1 aromatic rings. The first kappa shape index (κ1) is 22.2. The average molecular weight is 385 g/mol. The van der Waals surface area contributed by atoms with Crippen molar-refractivity contribution in [1.82, 2.24) is 14.9 Å². The Balaban J connectivity index is 2.47. The van der Waals surface area contributed by atoms with Gasteiger partial charge in [-0.1, -0.05) is 12.1 Å². The molecule has 0 saturated carbocycles. The summed E-state index contributed by atoms with van der Waals surface area (Å²) < 4.78 is 30.5. The highest BCUT2D eigenvalue weighted by Crippen LogP contribution is 2.20. The zero-order valence-corrected chi connectivity index (χ0v) is 17.3. The minimum absolute atomic E-state index is 0.124. The van der Waals surface area contributed by atoms with Crippen LogP contribution < -0.4 is 15.4 Å². The molecule has 0 radical (unpaired) electrons. The van der Waals surface area contributed by atoms with E-state index in [9.17, 15) is 8.42 Å². The molecule has 0 saturated heterocycles. The third kappa shape index (κ3) is 7.21. The summed E-state index contributed by atoms with van der Waals surface area (Å²) in [6.07, 6.45) is 0.700. The van der Waals surface area contributed by atoms with Gasteiger partial charge in [-0.2, -0.15) is 0 Å². The number of aliphatic imine (C=N–C) groups is 1. The van der Waals surface area contributed by atoms with Gasteiger partial charge in [-0.3, -0.25) is 4.99 Å². The number of benzene rings is 1. The second-order valence-electron chi connectivity index (χ2n) is 5.97. The Labute approximate surface area is 157 Å². The zero-order chi connectivity index (χ0) is 19.6. The van der Waals surface area contributed by atoms with E-state index in [4.69, 9.17) is 4.74 Å². The van der Waals surface area contributed by atoms with Gasteiger partial charge in [0.05, 0.1) is 12.4 Å². The smallest absolute Gasteiger partial charge is 0.213 e. The van der Waals surface area contributed by atoms with Crippen molar-refractivity contribution in [3.8, 4) is 5.75 Å². The molecule has 0 aliphatic heterocycles. The van der Waals surface area contributed by atoms with E-state index in [1.807, 2.05) is 26.0 Å². The van der Waals surface area contributed by atoms with Gasteiger partial charge in [0.2, 0.25) is 10.0 Å². The highest BCUT2D eigenvalue weighted by atomic mass is 32.2. The van der Waals surface area contributed by atoms with Gasteiger partial charge in [-0.15, -0.1) is 0 Å². The quantitative estimate of drug-likeness (QED) is 0.365. The summed E-state index contributed by atoms with van der Waals surface area (Å²) in [4.78, 5) is 4.20. The molecule has 0 unspecified atom stereocenters. The molecule has 0 aromatic heterocycles. The SMILES string of the molecule is CCOc1cc(C)ccc1CNC(=NC)NCCCN(C)S(=O)(=O)CC. The van der Waals surface area contributed by atoms with Crippen molar-refractivity contribution in [3.05, 3.63) is 29.3 Å². The monoisotopic (exact) mass is 384 g/mol. The van der Waals surface area contributed by atoms with Crippen molar-refractivity contribution in [2.45, 2.75) is 33.7 Å². The molecule has 1 aromatic carbocycles. The molecule has 1 rings (SSSR count). The molecule has 0 heterocycles. The summed E-state index contributed by atoms with van der Waals surface area (Å²) in [5.41, 5.74) is 2.22. The van der Waals surface area contributed by atoms with Crippen LogP contribution in [0.3, 0.4) is 0 Å². The molecule has 0 amide bonds. The molecule has 0 aliphatic carbocycles. The highest BCUT2D eigenvalue weighted by Gasteiger charge is 2.14. The van der Waals surface area contributed by atoms with E-state index >= 15 is 0 Å². The van der Waals surface area contributed by atoms with Gasteiger partial charge >= 0.3 is 0 Å². The Bertz CT molecular complexity index is 690. The lowest BCUT2D eigenvalue weighted by Crippen LogP contribution is -2.38. The molecule has 26 heavy (non-hydrogen) atoms. The zero-order valence-electron chi connectivity index (χ0n) is 16.5. The third-order valence-corrected chi connectivity index (χ3v) is 5.84. The average Bonchev–Trinajstić information content (AvgIpc) is 2.62. The van der Waals surface area contributed by atoms with E-state index in [1.54, 1.807) is 21.0 Å². The van der Waals surface area contributed by atoms with Crippen molar-refractivity contribution >= 4 is 16.0 Å². The summed E-state index contributed by atoms with van der Waals surface area (Å²) in [5.74, 6) is 1.68. The van der Waals surface area contributed by atoms with Crippen LogP contribution in [0.15, 0.2) is 23.2 Å². The number of hydrogen-bond acceptors (Lipinski definition) is 4. The maximum Gasteiger partial charge on any atom is 0.213 e. The Morgan fingerprint density at radius 2 is 2.00 bits per heavy atom.